The van der Waals surface area contributed by atoms with Gasteiger partial charge in [-0.05, 0) is 26.0 Å². The van der Waals surface area contributed by atoms with E-state index >= 15 is 0 Å². The number of para-hydroxylation sites is 2. The maximum Gasteiger partial charge on any atom is 0.327 e. The molecule has 19 heavy (non-hydrogen) atoms. The standard InChI is InChI=1S/C14H14N2O3/c1-8-7-12(17)13(14(18)19-8)9(2)16-11-6-4-3-5-10(11)15/h3-7,13H,15H2,1-2H3. The van der Waals surface area contributed by atoms with Crippen LogP contribution in [-0.2, 0) is 14.3 Å². The van der Waals surface area contributed by atoms with Gasteiger partial charge in [0.05, 0.1) is 11.4 Å². The van der Waals surface area contributed by atoms with Crippen LogP contribution in [0.4, 0.5) is 11.4 Å². The normalized spacial score (nSPS) is 20.0. The third-order valence-corrected chi connectivity index (χ3v) is 2.78. The van der Waals surface area contributed by atoms with E-state index in [0.717, 1.165) is 0 Å². The quantitative estimate of drug-likeness (QED) is 0.381. The summed E-state index contributed by atoms with van der Waals surface area (Å²) in [4.78, 5) is 27.8. The minimum absolute atomic E-state index is 0.304. The van der Waals surface area contributed by atoms with E-state index in [0.29, 0.717) is 22.8 Å². The number of carbonyl (C=O) groups excluding carboxylic acids is 2. The average molecular weight is 258 g/mol. The van der Waals surface area contributed by atoms with Crippen LogP contribution in [0.2, 0.25) is 0 Å². The number of ether oxygens (including phenoxy) is 1. The molecule has 1 unspecified atom stereocenters. The molecule has 1 aliphatic rings. The molecule has 0 amide bonds. The van der Waals surface area contributed by atoms with Crippen molar-refractivity contribution >= 4 is 28.8 Å². The van der Waals surface area contributed by atoms with Crippen molar-refractivity contribution in [1.82, 2.24) is 0 Å². The van der Waals surface area contributed by atoms with E-state index in [4.69, 9.17) is 10.5 Å². The van der Waals surface area contributed by atoms with Crippen LogP contribution in [0.3, 0.4) is 0 Å². The molecular weight excluding hydrogens is 244 g/mol. The maximum atomic E-state index is 11.8. The smallest absolute Gasteiger partial charge is 0.327 e. The highest BCUT2D eigenvalue weighted by Crippen LogP contribution is 2.24. The number of cyclic esters (lactones) is 1. The molecule has 0 fully saturated rings. The van der Waals surface area contributed by atoms with Gasteiger partial charge < -0.3 is 10.5 Å². The van der Waals surface area contributed by atoms with Gasteiger partial charge in [-0.1, -0.05) is 12.1 Å². The largest absolute Gasteiger partial charge is 0.430 e. The minimum atomic E-state index is -0.983. The maximum absolute atomic E-state index is 11.8. The zero-order valence-corrected chi connectivity index (χ0v) is 10.7. The number of hydrogen-bond donors (Lipinski definition) is 1. The Bertz CT molecular complexity index is 602. The number of hydrogen-bond acceptors (Lipinski definition) is 5. The van der Waals surface area contributed by atoms with Crippen molar-refractivity contribution < 1.29 is 14.3 Å². The third-order valence-electron chi connectivity index (χ3n) is 2.78. The number of esters is 1. The predicted molar refractivity (Wildman–Crippen MR) is 72.0 cm³/mol. The van der Waals surface area contributed by atoms with E-state index in [9.17, 15) is 9.59 Å². The Labute approximate surface area is 110 Å². The number of ketones is 1. The fourth-order valence-electron chi connectivity index (χ4n) is 1.87. The number of aliphatic imine (C=N–C) groups is 1. The molecule has 0 spiro atoms. The van der Waals surface area contributed by atoms with E-state index in [-0.39, 0.29) is 5.78 Å². The molecule has 0 bridgehead atoms. The lowest BCUT2D eigenvalue weighted by molar-refractivity contribution is -0.146. The van der Waals surface area contributed by atoms with Crippen molar-refractivity contribution in [3.05, 3.63) is 36.1 Å². The van der Waals surface area contributed by atoms with Gasteiger partial charge in [-0.25, -0.2) is 0 Å². The third kappa shape index (κ3) is 2.70. The first-order valence-corrected chi connectivity index (χ1v) is 5.82. The minimum Gasteiger partial charge on any atom is -0.430 e. The van der Waals surface area contributed by atoms with E-state index in [1.807, 2.05) is 0 Å². The molecule has 2 rings (SSSR count). The molecule has 2 N–H and O–H groups in total. The summed E-state index contributed by atoms with van der Waals surface area (Å²) in [5.41, 5.74) is 7.17. The van der Waals surface area contributed by atoms with Crippen LogP contribution < -0.4 is 5.73 Å². The molecule has 0 aliphatic carbocycles. The van der Waals surface area contributed by atoms with Gasteiger partial charge in [-0.15, -0.1) is 0 Å². The van der Waals surface area contributed by atoms with E-state index in [2.05, 4.69) is 4.99 Å². The van der Waals surface area contributed by atoms with Gasteiger partial charge in [0, 0.05) is 11.8 Å². The molecule has 1 aromatic carbocycles. The van der Waals surface area contributed by atoms with Gasteiger partial charge >= 0.3 is 5.97 Å². The van der Waals surface area contributed by atoms with Crippen molar-refractivity contribution in [3.63, 3.8) is 0 Å². The zero-order valence-electron chi connectivity index (χ0n) is 10.7. The Morgan fingerprint density at radius 1 is 1.32 bits per heavy atom. The molecule has 0 saturated heterocycles. The van der Waals surface area contributed by atoms with Gasteiger partial charge in [-0.2, -0.15) is 0 Å². The Morgan fingerprint density at radius 3 is 2.63 bits per heavy atom. The molecule has 1 aliphatic heterocycles. The molecule has 1 heterocycles. The number of benzene rings is 1. The molecule has 5 nitrogen and oxygen atoms in total. The fourth-order valence-corrected chi connectivity index (χ4v) is 1.87. The van der Waals surface area contributed by atoms with Gasteiger partial charge in [0.15, 0.2) is 11.7 Å². The fraction of sp³-hybridized carbons (Fsp3) is 0.214. The highest BCUT2D eigenvalue weighted by atomic mass is 16.5. The second-order valence-corrected chi connectivity index (χ2v) is 4.32. The number of rotatable bonds is 2. The summed E-state index contributed by atoms with van der Waals surface area (Å²) in [6.07, 6.45) is 1.30. The first kappa shape index (κ1) is 13.0. The van der Waals surface area contributed by atoms with E-state index in [1.165, 1.54) is 6.08 Å². The number of nitrogens with two attached hydrogens (primary N) is 1. The second kappa shape index (κ2) is 5.06. The molecule has 98 valence electrons. The van der Waals surface area contributed by atoms with Crippen molar-refractivity contribution in [1.29, 1.82) is 0 Å². The summed E-state index contributed by atoms with van der Waals surface area (Å²) < 4.78 is 4.95. The van der Waals surface area contributed by atoms with Gasteiger partial charge in [0.25, 0.3) is 0 Å². The van der Waals surface area contributed by atoms with E-state index < -0.39 is 11.9 Å². The Hall–Kier alpha value is -2.43. The van der Waals surface area contributed by atoms with Crippen molar-refractivity contribution in [2.45, 2.75) is 13.8 Å². The van der Waals surface area contributed by atoms with Crippen molar-refractivity contribution in [3.8, 4) is 0 Å². The molecule has 0 radical (unpaired) electrons. The summed E-state index contributed by atoms with van der Waals surface area (Å²) >= 11 is 0. The van der Waals surface area contributed by atoms with Gasteiger partial charge in [0.2, 0.25) is 0 Å². The van der Waals surface area contributed by atoms with Crippen molar-refractivity contribution in [2.24, 2.45) is 10.9 Å². The summed E-state index contributed by atoms with van der Waals surface area (Å²) in [7, 11) is 0. The SMILES string of the molecule is CC1=CC(=O)C(C(C)=Nc2ccccc2N)C(=O)O1. The highest BCUT2D eigenvalue weighted by Gasteiger charge is 2.33. The Morgan fingerprint density at radius 2 is 2.00 bits per heavy atom. The second-order valence-electron chi connectivity index (χ2n) is 4.32. The summed E-state index contributed by atoms with van der Waals surface area (Å²) in [5, 5.41) is 0. The first-order valence-electron chi connectivity index (χ1n) is 5.82. The van der Waals surface area contributed by atoms with Crippen LogP contribution in [0.5, 0.6) is 0 Å². The van der Waals surface area contributed by atoms with Crippen LogP contribution in [0.1, 0.15) is 13.8 Å². The number of allylic oxidation sites excluding steroid dienone is 2. The monoisotopic (exact) mass is 258 g/mol. The summed E-state index contributed by atoms with van der Waals surface area (Å²) in [6.45, 7) is 3.18. The lowest BCUT2D eigenvalue weighted by Gasteiger charge is -2.18. The van der Waals surface area contributed by atoms with Gasteiger partial charge in [-0.3, -0.25) is 14.6 Å². The topological polar surface area (TPSA) is 81.8 Å². The number of nitrogens with zero attached hydrogens (tertiary/aromatic N) is 1. The summed E-state index contributed by atoms with van der Waals surface area (Å²) in [6, 6.07) is 7.00. The molecule has 1 aromatic rings. The summed E-state index contributed by atoms with van der Waals surface area (Å²) in [5.74, 6) is -1.59. The van der Waals surface area contributed by atoms with Crippen molar-refractivity contribution in [2.75, 3.05) is 5.73 Å². The molecular formula is C14H14N2O3. The van der Waals surface area contributed by atoms with Crippen LogP contribution in [0.15, 0.2) is 41.1 Å². The molecule has 5 heteroatoms. The zero-order chi connectivity index (χ0) is 14.0. The van der Waals surface area contributed by atoms with Crippen LogP contribution in [0, 0.1) is 5.92 Å². The number of nitrogen functional groups attached to an aromatic ring is 1. The Kier molecular flexibility index (Phi) is 3.46. The van der Waals surface area contributed by atoms with Crippen LogP contribution >= 0.6 is 0 Å². The Balaban J connectivity index is 2.34. The highest BCUT2D eigenvalue weighted by molar-refractivity contribution is 6.23. The average Bonchev–Trinajstić information content (AvgIpc) is 2.30. The van der Waals surface area contributed by atoms with Crippen LogP contribution in [-0.4, -0.2) is 17.5 Å². The molecule has 0 saturated carbocycles. The van der Waals surface area contributed by atoms with Gasteiger partial charge in [0.1, 0.15) is 5.76 Å². The first-order chi connectivity index (χ1) is 8.99. The lowest BCUT2D eigenvalue weighted by atomic mass is 9.96. The lowest BCUT2D eigenvalue weighted by Crippen LogP contribution is -2.34. The molecule has 0 aromatic heterocycles. The number of anilines is 1. The van der Waals surface area contributed by atoms with E-state index in [1.54, 1.807) is 38.1 Å². The van der Waals surface area contributed by atoms with Crippen LogP contribution in [0.25, 0.3) is 0 Å². The molecule has 1 atom stereocenters. The number of carbonyl (C=O) groups is 2. The predicted octanol–water partition coefficient (Wildman–Crippen LogP) is 2.01.